The summed E-state index contributed by atoms with van der Waals surface area (Å²) in [6.07, 6.45) is -4.38. The van der Waals surface area contributed by atoms with Gasteiger partial charge >= 0.3 is 6.18 Å². The number of thiazole rings is 1. The molecule has 1 aromatic carbocycles. The fourth-order valence-electron chi connectivity index (χ4n) is 3.44. The van der Waals surface area contributed by atoms with Crippen LogP contribution in [0.4, 0.5) is 13.2 Å². The Bertz CT molecular complexity index is 898. The lowest BCUT2D eigenvalue weighted by molar-refractivity contribution is -0.137. The van der Waals surface area contributed by atoms with Gasteiger partial charge in [0.05, 0.1) is 35.5 Å². The van der Waals surface area contributed by atoms with Crippen molar-refractivity contribution in [2.24, 2.45) is 0 Å². The number of alkyl halides is 3. The minimum Gasteiger partial charge on any atom is -0.379 e. The number of amides is 1. The molecule has 0 radical (unpaired) electrons. The molecule has 1 unspecified atom stereocenters. The molecule has 1 fully saturated rings. The summed E-state index contributed by atoms with van der Waals surface area (Å²) < 4.78 is 44.3. The van der Waals surface area contributed by atoms with E-state index in [1.807, 2.05) is 27.7 Å². The van der Waals surface area contributed by atoms with E-state index in [1.54, 1.807) is 0 Å². The topological polar surface area (TPSA) is 54.5 Å². The van der Waals surface area contributed by atoms with E-state index in [4.69, 9.17) is 4.74 Å². The Balaban J connectivity index is 1.78. The number of ether oxygens (including phenoxy) is 1. The molecule has 2 aromatic rings. The SMILES string of the molecule is Cc1nc(C(C)(C)C)sc1C(=O)NCC(c1ccc(C(F)(F)F)cc1)N1CCOCC1. The summed E-state index contributed by atoms with van der Waals surface area (Å²) in [4.78, 5) is 20.1. The Hall–Kier alpha value is -1.97. The molecule has 3 rings (SSSR count). The average Bonchev–Trinajstić information content (AvgIpc) is 3.11. The third-order valence-corrected chi connectivity index (χ3v) is 6.79. The lowest BCUT2D eigenvalue weighted by Gasteiger charge is -2.35. The van der Waals surface area contributed by atoms with Crippen LogP contribution in [0.1, 0.15) is 58.3 Å². The van der Waals surface area contributed by atoms with Crippen molar-refractivity contribution in [3.05, 3.63) is 51.0 Å². The highest BCUT2D eigenvalue weighted by atomic mass is 32.1. The summed E-state index contributed by atoms with van der Waals surface area (Å²) in [5, 5.41) is 3.86. The number of rotatable bonds is 5. The van der Waals surface area contributed by atoms with Crippen LogP contribution < -0.4 is 5.32 Å². The van der Waals surface area contributed by atoms with Crippen LogP contribution in [0.25, 0.3) is 0 Å². The summed E-state index contributed by atoms with van der Waals surface area (Å²) in [6.45, 7) is 10.6. The molecule has 5 nitrogen and oxygen atoms in total. The molecule has 31 heavy (non-hydrogen) atoms. The van der Waals surface area contributed by atoms with E-state index in [1.165, 1.54) is 23.5 Å². The third-order valence-electron chi connectivity index (χ3n) is 5.21. The summed E-state index contributed by atoms with van der Waals surface area (Å²) in [7, 11) is 0. The quantitative estimate of drug-likeness (QED) is 0.718. The zero-order valence-corrected chi connectivity index (χ0v) is 19.0. The Kier molecular flexibility index (Phi) is 7.08. The highest BCUT2D eigenvalue weighted by molar-refractivity contribution is 7.14. The number of morpholine rings is 1. The predicted molar refractivity (Wildman–Crippen MR) is 114 cm³/mol. The molecular weight excluding hydrogens is 427 g/mol. The zero-order chi connectivity index (χ0) is 22.8. The smallest absolute Gasteiger partial charge is 0.379 e. The van der Waals surface area contributed by atoms with E-state index in [-0.39, 0.29) is 23.9 Å². The van der Waals surface area contributed by atoms with Gasteiger partial charge in [0, 0.05) is 25.0 Å². The first-order chi connectivity index (χ1) is 14.5. The average molecular weight is 456 g/mol. The van der Waals surface area contributed by atoms with Gasteiger partial charge in [0.2, 0.25) is 0 Å². The summed E-state index contributed by atoms with van der Waals surface area (Å²) in [5.41, 5.74) is 0.581. The Morgan fingerprint density at radius 2 is 1.81 bits per heavy atom. The molecule has 9 heteroatoms. The summed E-state index contributed by atoms with van der Waals surface area (Å²) in [5.74, 6) is -0.212. The minimum absolute atomic E-state index is 0.148. The van der Waals surface area contributed by atoms with Crippen molar-refractivity contribution < 1.29 is 22.7 Å². The minimum atomic E-state index is -4.38. The van der Waals surface area contributed by atoms with Crippen LogP contribution in [-0.4, -0.2) is 48.6 Å². The van der Waals surface area contributed by atoms with Crippen molar-refractivity contribution in [2.75, 3.05) is 32.8 Å². The van der Waals surface area contributed by atoms with Gasteiger partial charge in [0.25, 0.3) is 5.91 Å². The van der Waals surface area contributed by atoms with E-state index in [0.29, 0.717) is 36.9 Å². The fraction of sp³-hybridized carbons (Fsp3) is 0.545. The first-order valence-corrected chi connectivity index (χ1v) is 11.0. The van der Waals surface area contributed by atoms with Crippen LogP contribution in [-0.2, 0) is 16.3 Å². The number of carbonyl (C=O) groups excluding carboxylic acids is 1. The summed E-state index contributed by atoms with van der Waals surface area (Å²) in [6, 6.07) is 4.92. The van der Waals surface area contributed by atoms with Crippen molar-refractivity contribution in [1.82, 2.24) is 15.2 Å². The molecule has 1 aliphatic heterocycles. The molecule has 2 heterocycles. The standard InChI is InChI=1S/C22H28F3N3O2S/c1-14-18(31-20(27-14)21(2,3)4)19(29)26-13-17(28-9-11-30-12-10-28)15-5-7-16(8-6-15)22(23,24)25/h5-8,17H,9-13H2,1-4H3,(H,26,29). The normalized spacial score (nSPS) is 16.9. The van der Waals surface area contributed by atoms with Gasteiger partial charge in [-0.25, -0.2) is 4.98 Å². The number of aryl methyl sites for hydroxylation is 1. The lowest BCUT2D eigenvalue weighted by Crippen LogP contribution is -2.43. The van der Waals surface area contributed by atoms with Gasteiger partial charge in [-0.05, 0) is 24.6 Å². The van der Waals surface area contributed by atoms with Crippen LogP contribution in [0.15, 0.2) is 24.3 Å². The molecule has 170 valence electrons. The molecule has 0 aliphatic carbocycles. The molecule has 1 saturated heterocycles. The zero-order valence-electron chi connectivity index (χ0n) is 18.2. The van der Waals surface area contributed by atoms with Gasteiger partial charge in [0.1, 0.15) is 4.88 Å². The Morgan fingerprint density at radius 1 is 1.19 bits per heavy atom. The van der Waals surface area contributed by atoms with E-state index < -0.39 is 11.7 Å². The lowest BCUT2D eigenvalue weighted by atomic mass is 9.98. The number of nitrogens with one attached hydrogen (secondary N) is 1. The predicted octanol–water partition coefficient (Wildman–Crippen LogP) is 4.57. The van der Waals surface area contributed by atoms with Crippen molar-refractivity contribution in [3.63, 3.8) is 0 Å². The van der Waals surface area contributed by atoms with Crippen LogP contribution in [0.2, 0.25) is 0 Å². The number of halogens is 3. The first-order valence-electron chi connectivity index (χ1n) is 10.2. The molecule has 1 N–H and O–H groups in total. The highest BCUT2D eigenvalue weighted by Crippen LogP contribution is 2.32. The number of hydrogen-bond acceptors (Lipinski definition) is 5. The largest absolute Gasteiger partial charge is 0.416 e. The Labute approximate surface area is 184 Å². The molecule has 0 bridgehead atoms. The maximum absolute atomic E-state index is 13.0. The monoisotopic (exact) mass is 455 g/mol. The molecule has 0 spiro atoms. The number of carbonyl (C=O) groups is 1. The van der Waals surface area contributed by atoms with Gasteiger partial charge in [-0.15, -0.1) is 11.3 Å². The van der Waals surface area contributed by atoms with Crippen LogP contribution in [0, 0.1) is 6.92 Å². The molecule has 1 aromatic heterocycles. The van der Waals surface area contributed by atoms with Gasteiger partial charge in [-0.3, -0.25) is 9.69 Å². The van der Waals surface area contributed by atoms with Gasteiger partial charge in [-0.2, -0.15) is 13.2 Å². The summed E-state index contributed by atoms with van der Waals surface area (Å²) >= 11 is 1.38. The van der Waals surface area contributed by atoms with Crippen molar-refractivity contribution in [2.45, 2.75) is 45.3 Å². The van der Waals surface area contributed by atoms with Gasteiger partial charge in [0.15, 0.2) is 0 Å². The maximum atomic E-state index is 13.0. The second kappa shape index (κ2) is 9.26. The number of nitrogens with zero attached hydrogens (tertiary/aromatic N) is 2. The van der Waals surface area contributed by atoms with E-state index >= 15 is 0 Å². The third kappa shape index (κ3) is 5.84. The second-order valence-corrected chi connectivity index (χ2v) is 9.68. The number of benzene rings is 1. The molecule has 1 atom stereocenters. The van der Waals surface area contributed by atoms with Crippen molar-refractivity contribution in [3.8, 4) is 0 Å². The highest BCUT2D eigenvalue weighted by Gasteiger charge is 2.31. The molecular formula is C22H28F3N3O2S. The number of aromatic nitrogens is 1. The van der Waals surface area contributed by atoms with Crippen molar-refractivity contribution in [1.29, 1.82) is 0 Å². The molecule has 1 amide bonds. The van der Waals surface area contributed by atoms with Crippen LogP contribution >= 0.6 is 11.3 Å². The number of hydrogen-bond donors (Lipinski definition) is 1. The van der Waals surface area contributed by atoms with E-state index in [0.717, 1.165) is 22.7 Å². The van der Waals surface area contributed by atoms with Gasteiger partial charge in [-0.1, -0.05) is 32.9 Å². The van der Waals surface area contributed by atoms with Gasteiger partial charge < -0.3 is 10.1 Å². The molecule has 1 aliphatic rings. The van der Waals surface area contributed by atoms with E-state index in [2.05, 4.69) is 15.2 Å². The van der Waals surface area contributed by atoms with Crippen molar-refractivity contribution >= 4 is 17.2 Å². The molecule has 0 saturated carbocycles. The van der Waals surface area contributed by atoms with E-state index in [9.17, 15) is 18.0 Å². The Morgan fingerprint density at radius 3 is 2.32 bits per heavy atom. The van der Waals surface area contributed by atoms with Crippen LogP contribution in [0.5, 0.6) is 0 Å². The first kappa shape index (κ1) is 23.7. The van der Waals surface area contributed by atoms with Crippen LogP contribution in [0.3, 0.4) is 0 Å². The maximum Gasteiger partial charge on any atom is 0.416 e. The second-order valence-electron chi connectivity index (χ2n) is 8.68. The fourth-order valence-corrected chi connectivity index (χ4v) is 4.48.